The largest absolute Gasteiger partial charge is 0.481 e. The van der Waals surface area contributed by atoms with E-state index in [1.54, 1.807) is 30.1 Å². The summed E-state index contributed by atoms with van der Waals surface area (Å²) in [5, 5.41) is 8.59. The molecule has 0 unspecified atom stereocenters. The minimum Gasteiger partial charge on any atom is -0.481 e. The van der Waals surface area contributed by atoms with Crippen LogP contribution in [0.25, 0.3) is 0 Å². The van der Waals surface area contributed by atoms with Crippen LogP contribution in [-0.2, 0) is 14.6 Å². The third-order valence-electron chi connectivity index (χ3n) is 2.34. The van der Waals surface area contributed by atoms with Crippen molar-refractivity contribution in [2.45, 2.75) is 11.3 Å². The lowest BCUT2D eigenvalue weighted by molar-refractivity contribution is -0.136. The zero-order chi connectivity index (χ0) is 13.1. The second-order valence-electron chi connectivity index (χ2n) is 3.81. The van der Waals surface area contributed by atoms with Gasteiger partial charge in [-0.05, 0) is 12.1 Å². The molecule has 17 heavy (non-hydrogen) atoms. The quantitative estimate of drug-likeness (QED) is 0.851. The molecule has 6 heteroatoms. The molecule has 0 aromatic heterocycles. The Balaban J connectivity index is 3.01. The summed E-state index contributed by atoms with van der Waals surface area (Å²) in [4.78, 5) is 12.3. The van der Waals surface area contributed by atoms with Crippen molar-refractivity contribution in [3.63, 3.8) is 0 Å². The zero-order valence-corrected chi connectivity index (χ0v) is 10.6. The van der Waals surface area contributed by atoms with Crippen LogP contribution >= 0.6 is 0 Å². The Morgan fingerprint density at radius 1 is 1.35 bits per heavy atom. The molecule has 5 nitrogen and oxygen atoms in total. The summed E-state index contributed by atoms with van der Waals surface area (Å²) in [5.74, 6) is -0.909. The summed E-state index contributed by atoms with van der Waals surface area (Å²) in [6.45, 7) is 0.266. The zero-order valence-electron chi connectivity index (χ0n) is 9.75. The Morgan fingerprint density at radius 2 is 1.94 bits per heavy atom. The molecular weight excluding hydrogens is 242 g/mol. The van der Waals surface area contributed by atoms with E-state index in [9.17, 15) is 13.2 Å². The number of rotatable bonds is 5. The first-order valence-corrected chi connectivity index (χ1v) is 6.93. The van der Waals surface area contributed by atoms with Gasteiger partial charge in [0.05, 0.1) is 17.0 Å². The average Bonchev–Trinajstić information content (AvgIpc) is 2.24. The number of para-hydroxylation sites is 1. The molecule has 0 fully saturated rings. The van der Waals surface area contributed by atoms with Crippen LogP contribution in [-0.4, -0.2) is 39.3 Å². The van der Waals surface area contributed by atoms with Gasteiger partial charge in [-0.25, -0.2) is 8.42 Å². The van der Waals surface area contributed by atoms with Crippen LogP contribution in [0, 0.1) is 0 Å². The van der Waals surface area contributed by atoms with Crippen LogP contribution in [0.5, 0.6) is 0 Å². The van der Waals surface area contributed by atoms with E-state index >= 15 is 0 Å². The number of aliphatic carboxylic acids is 1. The van der Waals surface area contributed by atoms with Gasteiger partial charge in [-0.2, -0.15) is 0 Å². The van der Waals surface area contributed by atoms with Gasteiger partial charge >= 0.3 is 5.97 Å². The monoisotopic (exact) mass is 257 g/mol. The van der Waals surface area contributed by atoms with Gasteiger partial charge in [0.2, 0.25) is 0 Å². The second kappa shape index (κ2) is 5.18. The highest BCUT2D eigenvalue weighted by Crippen LogP contribution is 2.23. The van der Waals surface area contributed by atoms with Crippen molar-refractivity contribution < 1.29 is 18.3 Å². The topological polar surface area (TPSA) is 74.7 Å². The molecule has 1 rings (SSSR count). The third kappa shape index (κ3) is 3.74. The standard InChI is InChI=1S/C11H15NO4S/c1-12(8-7-11(13)14)9-5-3-4-6-10(9)17(2,15)16/h3-6H,7-8H2,1-2H3,(H,13,14). The molecule has 0 radical (unpaired) electrons. The van der Waals surface area contributed by atoms with Crippen LogP contribution in [0.1, 0.15) is 6.42 Å². The first-order valence-electron chi connectivity index (χ1n) is 5.04. The minimum absolute atomic E-state index is 0.0331. The van der Waals surface area contributed by atoms with Crippen molar-refractivity contribution in [1.29, 1.82) is 0 Å². The van der Waals surface area contributed by atoms with E-state index in [0.29, 0.717) is 5.69 Å². The Labute approximate surface area is 101 Å². The molecule has 0 heterocycles. The molecular formula is C11H15NO4S. The van der Waals surface area contributed by atoms with Crippen molar-refractivity contribution >= 4 is 21.5 Å². The molecule has 0 spiro atoms. The first kappa shape index (κ1) is 13.5. The summed E-state index contributed by atoms with van der Waals surface area (Å²) in [7, 11) is -1.63. The summed E-state index contributed by atoms with van der Waals surface area (Å²) in [5.41, 5.74) is 0.524. The molecule has 1 aromatic rings. The predicted octanol–water partition coefficient (Wildman–Crippen LogP) is 1.00. The molecule has 0 atom stereocenters. The van der Waals surface area contributed by atoms with E-state index in [4.69, 9.17) is 5.11 Å². The number of carboxylic acid groups (broad SMARTS) is 1. The van der Waals surface area contributed by atoms with E-state index in [-0.39, 0.29) is 17.9 Å². The summed E-state index contributed by atoms with van der Waals surface area (Å²) in [6, 6.07) is 6.55. The molecule has 0 amide bonds. The predicted molar refractivity (Wildman–Crippen MR) is 65.1 cm³/mol. The van der Waals surface area contributed by atoms with Crippen LogP contribution in [0.4, 0.5) is 5.69 Å². The van der Waals surface area contributed by atoms with Crippen LogP contribution in [0.3, 0.4) is 0 Å². The van der Waals surface area contributed by atoms with Gasteiger partial charge < -0.3 is 10.0 Å². The number of hydrogen-bond acceptors (Lipinski definition) is 4. The highest BCUT2D eigenvalue weighted by Gasteiger charge is 2.15. The van der Waals surface area contributed by atoms with E-state index in [1.165, 1.54) is 6.07 Å². The number of benzene rings is 1. The number of carbonyl (C=O) groups is 1. The van der Waals surface area contributed by atoms with Crippen molar-refractivity contribution in [3.05, 3.63) is 24.3 Å². The van der Waals surface area contributed by atoms with Crippen molar-refractivity contribution in [2.24, 2.45) is 0 Å². The van der Waals surface area contributed by atoms with Gasteiger partial charge in [0, 0.05) is 19.8 Å². The molecule has 1 N–H and O–H groups in total. The highest BCUT2D eigenvalue weighted by molar-refractivity contribution is 7.90. The Morgan fingerprint density at radius 3 is 2.47 bits per heavy atom. The second-order valence-corrected chi connectivity index (χ2v) is 5.79. The first-order chi connectivity index (χ1) is 7.82. The van der Waals surface area contributed by atoms with Gasteiger partial charge in [0.15, 0.2) is 9.84 Å². The van der Waals surface area contributed by atoms with Gasteiger partial charge in [-0.15, -0.1) is 0 Å². The van der Waals surface area contributed by atoms with Crippen LogP contribution in [0.15, 0.2) is 29.2 Å². The highest BCUT2D eigenvalue weighted by atomic mass is 32.2. The summed E-state index contributed by atoms with van der Waals surface area (Å²) < 4.78 is 23.1. The fourth-order valence-electron chi connectivity index (χ4n) is 1.47. The fraction of sp³-hybridized carbons (Fsp3) is 0.364. The van der Waals surface area contributed by atoms with Gasteiger partial charge in [-0.3, -0.25) is 4.79 Å². The number of anilines is 1. The number of carboxylic acids is 1. The minimum atomic E-state index is -3.31. The average molecular weight is 257 g/mol. The van der Waals surface area contributed by atoms with E-state index < -0.39 is 15.8 Å². The molecule has 0 saturated carbocycles. The lowest BCUT2D eigenvalue weighted by atomic mass is 10.3. The normalized spacial score (nSPS) is 11.2. The lowest BCUT2D eigenvalue weighted by Gasteiger charge is -2.20. The fourth-order valence-corrected chi connectivity index (χ4v) is 2.40. The summed E-state index contributed by atoms with van der Waals surface area (Å²) in [6.07, 6.45) is 1.10. The smallest absolute Gasteiger partial charge is 0.305 e. The van der Waals surface area contributed by atoms with Crippen LogP contribution in [0.2, 0.25) is 0 Å². The SMILES string of the molecule is CN(CCC(=O)O)c1ccccc1S(C)(=O)=O. The molecule has 0 saturated heterocycles. The molecule has 0 bridgehead atoms. The maximum atomic E-state index is 11.6. The molecule has 0 aliphatic heterocycles. The number of hydrogen-bond donors (Lipinski definition) is 1. The lowest BCUT2D eigenvalue weighted by Crippen LogP contribution is -2.22. The summed E-state index contributed by atoms with van der Waals surface area (Å²) >= 11 is 0. The third-order valence-corrected chi connectivity index (χ3v) is 3.48. The molecule has 0 aliphatic rings. The van der Waals surface area contributed by atoms with Crippen LogP contribution < -0.4 is 4.90 Å². The Bertz CT molecular complexity index is 510. The van der Waals surface area contributed by atoms with E-state index in [2.05, 4.69) is 0 Å². The van der Waals surface area contributed by atoms with Gasteiger partial charge in [0.1, 0.15) is 0 Å². The van der Waals surface area contributed by atoms with E-state index in [1.807, 2.05) is 0 Å². The van der Waals surface area contributed by atoms with E-state index in [0.717, 1.165) is 6.26 Å². The molecule has 94 valence electrons. The number of nitrogens with zero attached hydrogens (tertiary/aromatic N) is 1. The Kier molecular flexibility index (Phi) is 4.11. The number of sulfone groups is 1. The molecule has 0 aliphatic carbocycles. The molecule has 1 aromatic carbocycles. The van der Waals surface area contributed by atoms with Crippen molar-refractivity contribution in [2.75, 3.05) is 24.7 Å². The van der Waals surface area contributed by atoms with Gasteiger partial charge in [-0.1, -0.05) is 12.1 Å². The maximum Gasteiger partial charge on any atom is 0.305 e. The van der Waals surface area contributed by atoms with Crippen molar-refractivity contribution in [1.82, 2.24) is 0 Å². The van der Waals surface area contributed by atoms with Gasteiger partial charge in [0.25, 0.3) is 0 Å². The van der Waals surface area contributed by atoms with Crippen molar-refractivity contribution in [3.8, 4) is 0 Å². The Hall–Kier alpha value is -1.56. The maximum absolute atomic E-state index is 11.6.